The highest BCUT2D eigenvalue weighted by atomic mass is 35.5. The van der Waals surface area contributed by atoms with Crippen LogP contribution in [0, 0.1) is 0 Å². The number of nitrogens with two attached hydrogens (primary N) is 1. The number of amides is 2. The Morgan fingerprint density at radius 3 is 2.61 bits per heavy atom. The van der Waals surface area contributed by atoms with Crippen LogP contribution in [0.15, 0.2) is 0 Å². The van der Waals surface area contributed by atoms with Gasteiger partial charge in [-0.15, -0.1) is 0 Å². The van der Waals surface area contributed by atoms with Crippen LogP contribution < -0.4 is 14.8 Å². The summed E-state index contributed by atoms with van der Waals surface area (Å²) in [5.41, 5.74) is 5.29. The van der Waals surface area contributed by atoms with Gasteiger partial charge in [0.05, 0.1) is 6.61 Å². The van der Waals surface area contributed by atoms with Gasteiger partial charge in [0.2, 0.25) is 5.88 Å². The number of carbonyl (C=O) groups is 1. The highest BCUT2D eigenvalue weighted by molar-refractivity contribution is 7.82. The van der Waals surface area contributed by atoms with E-state index in [2.05, 4.69) is 22.8 Å². The summed E-state index contributed by atoms with van der Waals surface area (Å²) in [6, 6.07) is -0.790. The molecule has 6 nitrogen and oxygen atoms in total. The summed E-state index contributed by atoms with van der Waals surface area (Å²) in [6.45, 7) is 6.02. The molecule has 1 heterocycles. The van der Waals surface area contributed by atoms with E-state index in [-0.39, 0.29) is 22.6 Å². The highest BCUT2D eigenvalue weighted by Gasteiger charge is 2.22. The normalized spacial score (nSPS) is 10.6. The third-order valence-corrected chi connectivity index (χ3v) is 2.71. The molecule has 0 fully saturated rings. The van der Waals surface area contributed by atoms with E-state index in [0.29, 0.717) is 12.4 Å². The minimum atomic E-state index is -0.790. The number of halogens is 1. The van der Waals surface area contributed by atoms with Crippen LogP contribution in [0.5, 0.6) is 5.88 Å². The van der Waals surface area contributed by atoms with Gasteiger partial charge in [0.1, 0.15) is 5.82 Å². The number of urea groups is 1. The molecule has 0 saturated heterocycles. The first-order chi connectivity index (χ1) is 8.38. The molecule has 100 valence electrons. The van der Waals surface area contributed by atoms with E-state index in [1.54, 1.807) is 6.92 Å². The van der Waals surface area contributed by atoms with Crippen molar-refractivity contribution in [1.82, 2.24) is 9.97 Å². The molecule has 1 aromatic heterocycles. The monoisotopic (exact) mass is 290 g/mol. The molecule has 0 aliphatic rings. The molecule has 18 heavy (non-hydrogen) atoms. The third kappa shape index (κ3) is 3.17. The summed E-state index contributed by atoms with van der Waals surface area (Å²) in [4.78, 5) is 19.4. The molecule has 1 aromatic rings. The standard InChI is InChI=1S/C10H15ClN4O2S/c1-4-17-9-6(15(18)10(12)16)7(11)13-8(14-9)5(2)3/h5,18H,4H2,1-3H3,(H2,12,16). The zero-order valence-corrected chi connectivity index (χ0v) is 12.0. The molecule has 1 rings (SSSR count). The number of thiol groups is 1. The Balaban J connectivity index is 3.35. The number of hydrogen-bond acceptors (Lipinski definition) is 5. The van der Waals surface area contributed by atoms with E-state index >= 15 is 0 Å². The van der Waals surface area contributed by atoms with Crippen molar-refractivity contribution in [3.05, 3.63) is 11.0 Å². The molecule has 0 aromatic carbocycles. The van der Waals surface area contributed by atoms with Crippen molar-refractivity contribution in [2.24, 2.45) is 5.73 Å². The molecule has 0 aliphatic carbocycles. The molecule has 8 heteroatoms. The number of nitrogens with zero attached hydrogens (tertiary/aromatic N) is 3. The Labute approximate surface area is 116 Å². The molecule has 0 radical (unpaired) electrons. The van der Waals surface area contributed by atoms with Gasteiger partial charge in [-0.2, -0.15) is 4.98 Å². The lowest BCUT2D eigenvalue weighted by Crippen LogP contribution is -2.28. The van der Waals surface area contributed by atoms with Gasteiger partial charge < -0.3 is 10.5 Å². The number of carbonyl (C=O) groups excluding carboxylic acids is 1. The molecule has 2 amide bonds. The van der Waals surface area contributed by atoms with E-state index in [9.17, 15) is 4.79 Å². The minimum Gasteiger partial charge on any atom is -0.476 e. The summed E-state index contributed by atoms with van der Waals surface area (Å²) in [5.74, 6) is 0.797. The molecule has 0 bridgehead atoms. The van der Waals surface area contributed by atoms with Crippen LogP contribution in [0.3, 0.4) is 0 Å². The third-order valence-electron chi connectivity index (χ3n) is 2.04. The van der Waals surface area contributed by atoms with Crippen molar-refractivity contribution in [1.29, 1.82) is 0 Å². The second-order valence-electron chi connectivity index (χ2n) is 3.76. The van der Waals surface area contributed by atoms with Crippen LogP contribution in [-0.2, 0) is 0 Å². The number of primary amides is 1. The summed E-state index contributed by atoms with van der Waals surface area (Å²) >= 11 is 9.97. The fraction of sp³-hybridized carbons (Fsp3) is 0.500. The maximum atomic E-state index is 11.1. The van der Waals surface area contributed by atoms with Crippen molar-refractivity contribution in [2.75, 3.05) is 10.9 Å². The van der Waals surface area contributed by atoms with Crippen LogP contribution in [0.4, 0.5) is 10.5 Å². The lowest BCUT2D eigenvalue weighted by molar-refractivity contribution is 0.257. The van der Waals surface area contributed by atoms with Crippen LogP contribution in [0.2, 0.25) is 5.15 Å². The van der Waals surface area contributed by atoms with E-state index in [4.69, 9.17) is 22.1 Å². The van der Waals surface area contributed by atoms with Gasteiger partial charge in [-0.1, -0.05) is 38.3 Å². The predicted molar refractivity (Wildman–Crippen MR) is 73.3 cm³/mol. The van der Waals surface area contributed by atoms with Crippen molar-refractivity contribution >= 4 is 36.1 Å². The second kappa shape index (κ2) is 6.10. The first-order valence-electron chi connectivity index (χ1n) is 5.37. The van der Waals surface area contributed by atoms with Crippen LogP contribution in [-0.4, -0.2) is 22.6 Å². The predicted octanol–water partition coefficient (Wildman–Crippen LogP) is 2.38. The fourth-order valence-corrected chi connectivity index (χ4v) is 1.70. The van der Waals surface area contributed by atoms with E-state index in [1.807, 2.05) is 13.8 Å². The maximum Gasteiger partial charge on any atom is 0.329 e. The first-order valence-corrected chi connectivity index (χ1v) is 6.14. The first kappa shape index (κ1) is 14.8. The second-order valence-corrected chi connectivity index (χ2v) is 4.52. The molecular weight excluding hydrogens is 276 g/mol. The summed E-state index contributed by atoms with van der Waals surface area (Å²) < 4.78 is 6.20. The molecule has 0 saturated carbocycles. The van der Waals surface area contributed by atoms with E-state index in [1.165, 1.54) is 0 Å². The Morgan fingerprint density at radius 1 is 1.56 bits per heavy atom. The smallest absolute Gasteiger partial charge is 0.329 e. The quantitative estimate of drug-likeness (QED) is 0.659. The molecular formula is C10H15ClN4O2S. The van der Waals surface area contributed by atoms with E-state index in [0.717, 1.165) is 4.31 Å². The zero-order valence-electron chi connectivity index (χ0n) is 10.3. The van der Waals surface area contributed by atoms with Crippen LogP contribution >= 0.6 is 24.4 Å². The number of rotatable bonds is 4. The molecule has 0 aliphatic heterocycles. The summed E-state index contributed by atoms with van der Waals surface area (Å²) in [7, 11) is 0. The Kier molecular flexibility index (Phi) is 5.03. The molecule has 0 unspecified atom stereocenters. The Bertz CT molecular complexity index is 456. The van der Waals surface area contributed by atoms with Crippen molar-refractivity contribution in [2.45, 2.75) is 26.7 Å². The maximum absolute atomic E-state index is 11.1. The molecule has 2 N–H and O–H groups in total. The largest absolute Gasteiger partial charge is 0.476 e. The zero-order chi connectivity index (χ0) is 13.9. The molecule has 0 spiro atoms. The van der Waals surface area contributed by atoms with Gasteiger partial charge in [-0.25, -0.2) is 14.1 Å². The molecule has 0 atom stereocenters. The summed E-state index contributed by atoms with van der Waals surface area (Å²) in [5, 5.41) is 0.0750. The van der Waals surface area contributed by atoms with Crippen molar-refractivity contribution in [3.8, 4) is 5.88 Å². The lowest BCUT2D eigenvalue weighted by atomic mass is 10.2. The Morgan fingerprint density at radius 2 is 2.17 bits per heavy atom. The number of hydrogen-bond donors (Lipinski definition) is 2. The fourth-order valence-electron chi connectivity index (χ4n) is 1.21. The average Bonchev–Trinajstić information content (AvgIpc) is 2.27. The van der Waals surface area contributed by atoms with Gasteiger partial charge in [0, 0.05) is 5.92 Å². The van der Waals surface area contributed by atoms with Crippen LogP contribution in [0.1, 0.15) is 32.5 Å². The lowest BCUT2D eigenvalue weighted by Gasteiger charge is -2.18. The van der Waals surface area contributed by atoms with Gasteiger partial charge >= 0.3 is 6.03 Å². The summed E-state index contributed by atoms with van der Waals surface area (Å²) in [6.07, 6.45) is 0. The number of aromatic nitrogens is 2. The minimum absolute atomic E-state index is 0.0750. The average molecular weight is 291 g/mol. The van der Waals surface area contributed by atoms with E-state index < -0.39 is 6.03 Å². The van der Waals surface area contributed by atoms with Gasteiger partial charge in [0.25, 0.3) is 0 Å². The number of anilines is 1. The van der Waals surface area contributed by atoms with Gasteiger partial charge in [-0.3, -0.25) is 0 Å². The number of ether oxygens (including phenoxy) is 1. The van der Waals surface area contributed by atoms with Gasteiger partial charge in [-0.05, 0) is 6.92 Å². The topological polar surface area (TPSA) is 81.3 Å². The highest BCUT2D eigenvalue weighted by Crippen LogP contribution is 2.35. The van der Waals surface area contributed by atoms with Crippen molar-refractivity contribution < 1.29 is 9.53 Å². The van der Waals surface area contributed by atoms with Gasteiger partial charge in [0.15, 0.2) is 10.8 Å². The SMILES string of the molecule is CCOc1nc(C(C)C)nc(Cl)c1N(S)C(N)=O. The van der Waals surface area contributed by atoms with Crippen LogP contribution in [0.25, 0.3) is 0 Å². The Hall–Kier alpha value is -1.21. The van der Waals surface area contributed by atoms with Crippen molar-refractivity contribution in [3.63, 3.8) is 0 Å².